The van der Waals surface area contributed by atoms with E-state index >= 15 is 0 Å². The topological polar surface area (TPSA) is 45.2 Å². The summed E-state index contributed by atoms with van der Waals surface area (Å²) in [5.41, 5.74) is 1.74. The van der Waals surface area contributed by atoms with Gasteiger partial charge in [-0.15, -0.1) is 0 Å². The third kappa shape index (κ3) is 4.96. The lowest BCUT2D eigenvalue weighted by molar-refractivity contribution is 0.0954. The van der Waals surface area contributed by atoms with Gasteiger partial charge in [0.15, 0.2) is 0 Å². The minimum Gasteiger partial charge on any atom is -0.357 e. The lowest BCUT2D eigenvalue weighted by Crippen LogP contribution is -2.27. The Bertz CT molecular complexity index is 656. The number of nitrogens with one attached hydrogen (secondary N) is 1. The molecule has 0 aliphatic carbocycles. The molecule has 0 bridgehead atoms. The maximum atomic E-state index is 12.3. The number of pyridine rings is 1. The van der Waals surface area contributed by atoms with E-state index in [0.29, 0.717) is 17.1 Å². The summed E-state index contributed by atoms with van der Waals surface area (Å²) in [6, 6.07) is 11.2. The van der Waals surface area contributed by atoms with Crippen LogP contribution >= 0.6 is 11.6 Å². The Labute approximate surface area is 142 Å². The number of rotatable bonds is 7. The average Bonchev–Trinajstić information content (AvgIpc) is 2.56. The van der Waals surface area contributed by atoms with Crippen LogP contribution in [0.1, 0.15) is 29.8 Å². The van der Waals surface area contributed by atoms with E-state index in [9.17, 15) is 4.79 Å². The Morgan fingerprint density at radius 3 is 2.70 bits per heavy atom. The van der Waals surface area contributed by atoms with E-state index in [4.69, 9.17) is 11.6 Å². The summed E-state index contributed by atoms with van der Waals surface area (Å²) in [7, 11) is 0. The first-order valence-electron chi connectivity index (χ1n) is 7.87. The molecule has 0 fully saturated rings. The standard InChI is InChI=1S/C18H22ClN3O/c1-3-22(4-2)17-13-15(9-11-20-17)18(23)21-10-8-14-6-5-7-16(19)12-14/h5-7,9,11-13H,3-4,8,10H2,1-2H3,(H,21,23). The van der Waals surface area contributed by atoms with Gasteiger partial charge in [-0.3, -0.25) is 4.79 Å². The Kier molecular flexibility index (Phi) is 6.41. The zero-order valence-corrected chi connectivity index (χ0v) is 14.3. The van der Waals surface area contributed by atoms with Crippen molar-refractivity contribution in [2.24, 2.45) is 0 Å². The normalized spacial score (nSPS) is 10.4. The quantitative estimate of drug-likeness (QED) is 0.843. The molecule has 0 saturated heterocycles. The van der Waals surface area contributed by atoms with Gasteiger partial charge in [0.25, 0.3) is 5.91 Å². The molecule has 4 nitrogen and oxygen atoms in total. The van der Waals surface area contributed by atoms with Crippen LogP contribution in [-0.4, -0.2) is 30.5 Å². The third-order valence-corrected chi connectivity index (χ3v) is 3.92. The lowest BCUT2D eigenvalue weighted by Gasteiger charge is -2.20. The fraction of sp³-hybridized carbons (Fsp3) is 0.333. The molecule has 122 valence electrons. The van der Waals surface area contributed by atoms with Gasteiger partial charge in [-0.2, -0.15) is 0 Å². The molecule has 2 rings (SSSR count). The van der Waals surface area contributed by atoms with Gasteiger partial charge in [0.05, 0.1) is 0 Å². The molecule has 0 unspecified atom stereocenters. The van der Waals surface area contributed by atoms with E-state index < -0.39 is 0 Å². The van der Waals surface area contributed by atoms with E-state index in [-0.39, 0.29) is 5.91 Å². The number of halogens is 1. The van der Waals surface area contributed by atoms with Gasteiger partial charge in [0, 0.05) is 36.4 Å². The SMILES string of the molecule is CCN(CC)c1cc(C(=O)NCCc2cccc(Cl)c2)ccn1. The molecule has 0 radical (unpaired) electrons. The van der Waals surface area contributed by atoms with Crippen LogP contribution < -0.4 is 10.2 Å². The largest absolute Gasteiger partial charge is 0.357 e. The van der Waals surface area contributed by atoms with Crippen LogP contribution in [0.5, 0.6) is 0 Å². The van der Waals surface area contributed by atoms with Crippen molar-refractivity contribution >= 4 is 23.3 Å². The molecular weight excluding hydrogens is 310 g/mol. The van der Waals surface area contributed by atoms with Crippen molar-refractivity contribution in [2.75, 3.05) is 24.5 Å². The molecule has 0 saturated carbocycles. The first-order chi connectivity index (χ1) is 11.1. The van der Waals surface area contributed by atoms with Crippen LogP contribution in [0, 0.1) is 0 Å². The van der Waals surface area contributed by atoms with Crippen LogP contribution in [0.2, 0.25) is 5.02 Å². The molecule has 1 aromatic carbocycles. The molecule has 0 aliphatic rings. The Balaban J connectivity index is 1.94. The van der Waals surface area contributed by atoms with E-state index in [0.717, 1.165) is 30.9 Å². The summed E-state index contributed by atoms with van der Waals surface area (Å²) in [6.07, 6.45) is 2.43. The van der Waals surface area contributed by atoms with Crippen molar-refractivity contribution in [1.82, 2.24) is 10.3 Å². The lowest BCUT2D eigenvalue weighted by atomic mass is 10.1. The molecule has 0 spiro atoms. The van der Waals surface area contributed by atoms with Crippen LogP contribution in [-0.2, 0) is 6.42 Å². The van der Waals surface area contributed by atoms with Crippen molar-refractivity contribution in [3.05, 3.63) is 58.7 Å². The van der Waals surface area contributed by atoms with Crippen molar-refractivity contribution in [2.45, 2.75) is 20.3 Å². The summed E-state index contributed by atoms with van der Waals surface area (Å²) >= 11 is 5.96. The molecular formula is C18H22ClN3O. The Hall–Kier alpha value is -2.07. The average molecular weight is 332 g/mol. The second-order valence-corrected chi connectivity index (χ2v) is 5.65. The van der Waals surface area contributed by atoms with E-state index in [1.807, 2.05) is 30.3 Å². The van der Waals surface area contributed by atoms with Gasteiger partial charge < -0.3 is 10.2 Å². The van der Waals surface area contributed by atoms with Crippen molar-refractivity contribution in [3.63, 3.8) is 0 Å². The van der Waals surface area contributed by atoms with Gasteiger partial charge in [-0.25, -0.2) is 4.98 Å². The Morgan fingerprint density at radius 2 is 2.00 bits per heavy atom. The maximum absolute atomic E-state index is 12.3. The smallest absolute Gasteiger partial charge is 0.251 e. The van der Waals surface area contributed by atoms with Crippen LogP contribution in [0.25, 0.3) is 0 Å². The predicted molar refractivity (Wildman–Crippen MR) is 95.3 cm³/mol. The van der Waals surface area contributed by atoms with Crippen LogP contribution in [0.4, 0.5) is 5.82 Å². The maximum Gasteiger partial charge on any atom is 0.251 e. The molecule has 1 heterocycles. The highest BCUT2D eigenvalue weighted by Crippen LogP contribution is 2.13. The highest BCUT2D eigenvalue weighted by Gasteiger charge is 2.09. The molecule has 1 N–H and O–H groups in total. The second kappa shape index (κ2) is 8.53. The number of benzene rings is 1. The summed E-state index contributed by atoms with van der Waals surface area (Å²) in [5.74, 6) is 0.750. The minimum atomic E-state index is -0.0807. The number of aromatic nitrogens is 1. The fourth-order valence-corrected chi connectivity index (χ4v) is 2.61. The van der Waals surface area contributed by atoms with Crippen molar-refractivity contribution < 1.29 is 4.79 Å². The summed E-state index contributed by atoms with van der Waals surface area (Å²) in [6.45, 7) is 6.45. The highest BCUT2D eigenvalue weighted by molar-refractivity contribution is 6.30. The summed E-state index contributed by atoms with van der Waals surface area (Å²) in [4.78, 5) is 18.7. The molecule has 1 amide bonds. The summed E-state index contributed by atoms with van der Waals surface area (Å²) in [5, 5.41) is 3.66. The van der Waals surface area contributed by atoms with Crippen molar-refractivity contribution in [1.29, 1.82) is 0 Å². The zero-order valence-electron chi connectivity index (χ0n) is 13.6. The Morgan fingerprint density at radius 1 is 1.22 bits per heavy atom. The van der Waals surface area contributed by atoms with E-state index in [2.05, 4.69) is 29.0 Å². The van der Waals surface area contributed by atoms with Gasteiger partial charge in [0.2, 0.25) is 0 Å². The van der Waals surface area contributed by atoms with Gasteiger partial charge in [0.1, 0.15) is 5.82 Å². The molecule has 0 atom stereocenters. The number of amides is 1. The highest BCUT2D eigenvalue weighted by atomic mass is 35.5. The summed E-state index contributed by atoms with van der Waals surface area (Å²) < 4.78 is 0. The molecule has 2 aromatic rings. The van der Waals surface area contributed by atoms with E-state index in [1.165, 1.54) is 0 Å². The van der Waals surface area contributed by atoms with Gasteiger partial charge >= 0.3 is 0 Å². The molecule has 0 aliphatic heterocycles. The number of carbonyl (C=O) groups is 1. The van der Waals surface area contributed by atoms with Gasteiger partial charge in [-0.05, 0) is 50.1 Å². The van der Waals surface area contributed by atoms with Gasteiger partial charge in [-0.1, -0.05) is 23.7 Å². The first-order valence-corrected chi connectivity index (χ1v) is 8.25. The van der Waals surface area contributed by atoms with Crippen LogP contribution in [0.3, 0.4) is 0 Å². The molecule has 5 heteroatoms. The molecule has 1 aromatic heterocycles. The second-order valence-electron chi connectivity index (χ2n) is 5.21. The third-order valence-electron chi connectivity index (χ3n) is 3.68. The van der Waals surface area contributed by atoms with Crippen molar-refractivity contribution in [3.8, 4) is 0 Å². The predicted octanol–water partition coefficient (Wildman–Crippen LogP) is 3.55. The zero-order chi connectivity index (χ0) is 16.7. The first kappa shape index (κ1) is 17.3. The number of anilines is 1. The number of hydrogen-bond donors (Lipinski definition) is 1. The molecule has 23 heavy (non-hydrogen) atoms. The van der Waals surface area contributed by atoms with E-state index in [1.54, 1.807) is 12.3 Å². The fourth-order valence-electron chi connectivity index (χ4n) is 2.40. The monoisotopic (exact) mass is 331 g/mol. The number of hydrogen-bond acceptors (Lipinski definition) is 3. The minimum absolute atomic E-state index is 0.0807. The number of nitrogens with zero attached hydrogens (tertiary/aromatic N) is 2. The van der Waals surface area contributed by atoms with Crippen LogP contribution in [0.15, 0.2) is 42.6 Å². The number of carbonyl (C=O) groups excluding carboxylic acids is 1.